The molecule has 5 heterocycles. The number of pyridine rings is 1. The zero-order chi connectivity index (χ0) is 26.3. The second kappa shape index (κ2) is 10.4. The number of morpholine rings is 1. The Kier molecular flexibility index (Phi) is 6.98. The number of aromatic nitrogens is 3. The summed E-state index contributed by atoms with van der Waals surface area (Å²) < 4.78 is 18.2. The fourth-order valence-corrected chi connectivity index (χ4v) is 7.40. The highest BCUT2D eigenvalue weighted by atomic mass is 32.2. The second-order valence-electron chi connectivity index (χ2n) is 10.0. The first kappa shape index (κ1) is 25.5. The van der Waals surface area contributed by atoms with Gasteiger partial charge in [-0.3, -0.25) is 4.79 Å². The number of hydrogen-bond donors (Lipinski definition) is 0. The lowest BCUT2D eigenvalue weighted by atomic mass is 9.90. The van der Waals surface area contributed by atoms with Crippen LogP contribution < -0.4 is 4.90 Å². The molecule has 38 heavy (non-hydrogen) atoms. The van der Waals surface area contributed by atoms with Gasteiger partial charge in [-0.2, -0.15) is 0 Å². The minimum absolute atomic E-state index is 0.277. The first-order valence-corrected chi connectivity index (χ1v) is 14.6. The van der Waals surface area contributed by atoms with Crippen molar-refractivity contribution in [3.05, 3.63) is 53.3 Å². The number of benzene rings is 1. The molecular weight excluding hydrogens is 520 g/mol. The summed E-state index contributed by atoms with van der Waals surface area (Å²) in [5.41, 5.74) is 3.87. The molecule has 0 bridgehead atoms. The first-order valence-electron chi connectivity index (χ1n) is 12.9. The Morgan fingerprint density at radius 1 is 1.18 bits per heavy atom. The summed E-state index contributed by atoms with van der Waals surface area (Å²) in [6.45, 7) is 9.91. The molecule has 10 heteroatoms. The van der Waals surface area contributed by atoms with E-state index in [9.17, 15) is 4.79 Å². The van der Waals surface area contributed by atoms with Gasteiger partial charge in [0, 0.05) is 30.5 Å². The van der Waals surface area contributed by atoms with Crippen molar-refractivity contribution in [1.82, 2.24) is 15.0 Å². The van der Waals surface area contributed by atoms with Crippen LogP contribution in [0.2, 0.25) is 0 Å². The fourth-order valence-electron chi connectivity index (χ4n) is 5.10. The van der Waals surface area contributed by atoms with Gasteiger partial charge in [-0.05, 0) is 31.9 Å². The van der Waals surface area contributed by atoms with Gasteiger partial charge in [0.25, 0.3) is 0 Å². The van der Waals surface area contributed by atoms with E-state index in [1.165, 1.54) is 17.3 Å². The van der Waals surface area contributed by atoms with Crippen molar-refractivity contribution in [3.63, 3.8) is 0 Å². The van der Waals surface area contributed by atoms with Crippen molar-refractivity contribution in [2.24, 2.45) is 0 Å². The smallest absolute Gasteiger partial charge is 0.324 e. The van der Waals surface area contributed by atoms with Gasteiger partial charge in [0.2, 0.25) is 0 Å². The maximum absolute atomic E-state index is 13.0. The average Bonchev–Trinajstić information content (AvgIpc) is 3.31. The number of thiophene rings is 1. The van der Waals surface area contributed by atoms with Crippen LogP contribution in [0, 0.1) is 0 Å². The molecule has 0 saturated carbocycles. The SMILES string of the molecule is CCOC(=O)[C@@H](Sc1ncnc2c1sc1nc(N3CCOCC3)c3c(c12)CC(C)(C)OC3)c1ccccc1. The molecule has 0 spiro atoms. The summed E-state index contributed by atoms with van der Waals surface area (Å²) >= 11 is 3.00. The Bertz CT molecular complexity index is 1490. The zero-order valence-corrected chi connectivity index (χ0v) is 23.4. The molecule has 8 nitrogen and oxygen atoms in total. The van der Waals surface area contributed by atoms with E-state index in [2.05, 4.69) is 23.7 Å². The highest BCUT2D eigenvalue weighted by Crippen LogP contribution is 2.46. The lowest BCUT2D eigenvalue weighted by Gasteiger charge is -2.36. The van der Waals surface area contributed by atoms with E-state index in [0.717, 1.165) is 61.9 Å². The molecular formula is C28H30N4O4S2. The molecule has 3 aromatic heterocycles. The van der Waals surface area contributed by atoms with Crippen LogP contribution >= 0.6 is 23.1 Å². The number of hydrogen-bond acceptors (Lipinski definition) is 10. The molecule has 1 atom stereocenters. The van der Waals surface area contributed by atoms with Gasteiger partial charge in [0.05, 0.1) is 42.2 Å². The molecule has 198 valence electrons. The zero-order valence-electron chi connectivity index (χ0n) is 21.7. The van der Waals surface area contributed by atoms with E-state index < -0.39 is 5.25 Å². The molecule has 0 aliphatic carbocycles. The minimum Gasteiger partial charge on any atom is -0.465 e. The number of nitrogens with zero attached hydrogens (tertiary/aromatic N) is 4. The van der Waals surface area contributed by atoms with Crippen LogP contribution in [-0.2, 0) is 32.0 Å². The largest absolute Gasteiger partial charge is 0.465 e. The van der Waals surface area contributed by atoms with Gasteiger partial charge < -0.3 is 19.1 Å². The number of fused-ring (bicyclic) bond motifs is 5. The topological polar surface area (TPSA) is 86.7 Å². The van der Waals surface area contributed by atoms with Gasteiger partial charge in [0.1, 0.15) is 27.3 Å². The monoisotopic (exact) mass is 550 g/mol. The summed E-state index contributed by atoms with van der Waals surface area (Å²) in [7, 11) is 0. The Labute approximate surface area is 229 Å². The highest BCUT2D eigenvalue weighted by Gasteiger charge is 2.34. The fraction of sp³-hybridized carbons (Fsp3) is 0.429. The Hall–Kier alpha value is -2.79. The van der Waals surface area contributed by atoms with Gasteiger partial charge >= 0.3 is 5.97 Å². The van der Waals surface area contributed by atoms with E-state index >= 15 is 0 Å². The molecule has 1 aromatic carbocycles. The predicted molar refractivity (Wildman–Crippen MR) is 150 cm³/mol. The van der Waals surface area contributed by atoms with Crippen LogP contribution in [0.1, 0.15) is 42.7 Å². The van der Waals surface area contributed by atoms with Crippen LogP contribution in [0.15, 0.2) is 41.7 Å². The van der Waals surface area contributed by atoms with Crippen molar-refractivity contribution in [3.8, 4) is 0 Å². The van der Waals surface area contributed by atoms with Gasteiger partial charge in [-0.1, -0.05) is 42.1 Å². The Balaban J connectivity index is 1.50. The van der Waals surface area contributed by atoms with E-state index in [-0.39, 0.29) is 11.6 Å². The second-order valence-corrected chi connectivity index (χ2v) is 12.1. The summed E-state index contributed by atoms with van der Waals surface area (Å²) in [5, 5.41) is 1.30. The lowest BCUT2D eigenvalue weighted by molar-refractivity contribution is -0.142. The van der Waals surface area contributed by atoms with E-state index in [0.29, 0.717) is 26.4 Å². The summed E-state index contributed by atoms with van der Waals surface area (Å²) in [6, 6.07) is 9.71. The first-order chi connectivity index (χ1) is 18.4. The number of esters is 1. The van der Waals surface area contributed by atoms with Crippen molar-refractivity contribution in [1.29, 1.82) is 0 Å². The maximum Gasteiger partial charge on any atom is 0.324 e. The number of anilines is 1. The average molecular weight is 551 g/mol. The van der Waals surface area contributed by atoms with E-state index in [1.807, 2.05) is 37.3 Å². The number of carbonyl (C=O) groups excluding carboxylic acids is 1. The van der Waals surface area contributed by atoms with Crippen molar-refractivity contribution >= 4 is 55.3 Å². The quantitative estimate of drug-likeness (QED) is 0.180. The van der Waals surface area contributed by atoms with Gasteiger partial charge in [-0.15, -0.1) is 11.3 Å². The van der Waals surface area contributed by atoms with Crippen molar-refractivity contribution in [2.75, 3.05) is 37.8 Å². The van der Waals surface area contributed by atoms with Crippen molar-refractivity contribution < 1.29 is 19.0 Å². The van der Waals surface area contributed by atoms with Gasteiger partial charge in [0.15, 0.2) is 0 Å². The van der Waals surface area contributed by atoms with Crippen LogP contribution in [0.4, 0.5) is 5.82 Å². The Morgan fingerprint density at radius 3 is 2.74 bits per heavy atom. The van der Waals surface area contributed by atoms with Crippen LogP contribution in [0.3, 0.4) is 0 Å². The van der Waals surface area contributed by atoms with Crippen LogP contribution in [0.25, 0.3) is 20.4 Å². The third-order valence-electron chi connectivity index (χ3n) is 6.92. The third kappa shape index (κ3) is 4.75. The molecule has 2 aliphatic heterocycles. The molecule has 0 unspecified atom stereocenters. The van der Waals surface area contributed by atoms with E-state index in [4.69, 9.17) is 24.2 Å². The van der Waals surface area contributed by atoms with Crippen LogP contribution in [0.5, 0.6) is 0 Å². The number of carbonyl (C=O) groups is 1. The van der Waals surface area contributed by atoms with E-state index in [1.54, 1.807) is 17.7 Å². The molecule has 0 radical (unpaired) electrons. The Morgan fingerprint density at radius 2 is 1.97 bits per heavy atom. The summed E-state index contributed by atoms with van der Waals surface area (Å²) in [6.07, 6.45) is 2.36. The van der Waals surface area contributed by atoms with Crippen molar-refractivity contribution in [2.45, 2.75) is 49.7 Å². The summed E-state index contributed by atoms with van der Waals surface area (Å²) in [5.74, 6) is 0.703. The van der Waals surface area contributed by atoms with Gasteiger partial charge in [-0.25, -0.2) is 15.0 Å². The molecule has 2 aliphatic rings. The molecule has 1 fully saturated rings. The number of thioether (sulfide) groups is 1. The minimum atomic E-state index is -0.530. The molecule has 0 amide bonds. The predicted octanol–water partition coefficient (Wildman–Crippen LogP) is 5.32. The van der Waals surface area contributed by atoms with Crippen LogP contribution in [-0.4, -0.2) is 59.4 Å². The third-order valence-corrected chi connectivity index (χ3v) is 9.36. The normalized spacial score (nSPS) is 17.9. The number of rotatable bonds is 6. The highest BCUT2D eigenvalue weighted by molar-refractivity contribution is 8.00. The molecule has 4 aromatic rings. The maximum atomic E-state index is 13.0. The lowest BCUT2D eigenvalue weighted by Crippen LogP contribution is -2.39. The standard InChI is InChI=1S/C28H30N4O4S2/c1-4-35-27(33)22(17-8-6-5-7-9-17)37-26-23-21(29-16-30-26)20-18-14-28(2,3)36-15-19(18)24(31-25(20)38-23)32-10-12-34-13-11-32/h5-9,16,22H,4,10-15H2,1-3H3/t22-/m0/s1. The summed E-state index contributed by atoms with van der Waals surface area (Å²) in [4.78, 5) is 30.8. The molecule has 0 N–H and O–H groups in total. The number of ether oxygens (including phenoxy) is 3. The molecule has 6 rings (SSSR count). The molecule has 1 saturated heterocycles.